The molecule has 0 atom stereocenters. The predicted molar refractivity (Wildman–Crippen MR) is 43.1 cm³/mol. The lowest BCUT2D eigenvalue weighted by molar-refractivity contribution is -0.105. The van der Waals surface area contributed by atoms with Gasteiger partial charge in [0.1, 0.15) is 4.88 Å². The number of hydrogen-bond acceptors (Lipinski definition) is 5. The van der Waals surface area contributed by atoms with Crippen LogP contribution in [0.3, 0.4) is 0 Å². The number of rotatable bonds is 3. The molecule has 0 spiro atoms. The van der Waals surface area contributed by atoms with Gasteiger partial charge in [0.2, 0.25) is 6.41 Å². The second-order valence-electron chi connectivity index (χ2n) is 1.78. The average molecular weight is 186 g/mol. The zero-order valence-corrected chi connectivity index (χ0v) is 7.05. The van der Waals surface area contributed by atoms with E-state index in [4.69, 9.17) is 0 Å². The van der Waals surface area contributed by atoms with E-state index in [2.05, 4.69) is 15.0 Å². The number of thiazole rings is 1. The van der Waals surface area contributed by atoms with Crippen LogP contribution < -0.4 is 5.32 Å². The molecule has 0 radical (unpaired) electrons. The van der Waals surface area contributed by atoms with Gasteiger partial charge in [0.15, 0.2) is 5.13 Å². The van der Waals surface area contributed by atoms with Crippen LogP contribution in [0, 0.1) is 0 Å². The predicted octanol–water partition coefficient (Wildman–Crippen LogP) is 0.498. The van der Waals surface area contributed by atoms with Gasteiger partial charge < -0.3 is 10.1 Å². The largest absolute Gasteiger partial charge is 0.465 e. The number of methoxy groups -OCH3 is 1. The van der Waals surface area contributed by atoms with E-state index in [-0.39, 0.29) is 0 Å². The molecule has 0 saturated carbocycles. The Morgan fingerprint density at radius 1 is 1.83 bits per heavy atom. The first-order chi connectivity index (χ1) is 5.77. The normalized spacial score (nSPS) is 9.08. The zero-order chi connectivity index (χ0) is 8.97. The molecule has 1 N–H and O–H groups in total. The van der Waals surface area contributed by atoms with Gasteiger partial charge in [-0.2, -0.15) is 0 Å². The number of ether oxygens (including phenoxy) is 1. The lowest BCUT2D eigenvalue weighted by atomic mass is 10.6. The summed E-state index contributed by atoms with van der Waals surface area (Å²) in [5, 5.41) is 2.71. The van der Waals surface area contributed by atoms with Gasteiger partial charge in [-0.05, 0) is 0 Å². The van der Waals surface area contributed by atoms with Crippen LogP contribution in [-0.2, 0) is 9.53 Å². The Kier molecular flexibility index (Phi) is 2.76. The van der Waals surface area contributed by atoms with E-state index in [1.54, 1.807) is 0 Å². The smallest absolute Gasteiger partial charge is 0.349 e. The van der Waals surface area contributed by atoms with Crippen LogP contribution in [0.25, 0.3) is 0 Å². The van der Waals surface area contributed by atoms with Crippen molar-refractivity contribution in [2.45, 2.75) is 0 Å². The molecule has 0 unspecified atom stereocenters. The summed E-state index contributed by atoms with van der Waals surface area (Å²) in [5.74, 6) is -0.452. The van der Waals surface area contributed by atoms with Gasteiger partial charge in [0.25, 0.3) is 0 Å². The van der Waals surface area contributed by atoms with Gasteiger partial charge in [-0.15, -0.1) is 0 Å². The van der Waals surface area contributed by atoms with Gasteiger partial charge in [-0.3, -0.25) is 4.79 Å². The molecule has 0 aliphatic rings. The van der Waals surface area contributed by atoms with E-state index in [0.717, 1.165) is 11.3 Å². The fourth-order valence-electron chi connectivity index (χ4n) is 0.586. The molecule has 1 aromatic heterocycles. The van der Waals surface area contributed by atoms with Crippen molar-refractivity contribution >= 4 is 28.8 Å². The SMILES string of the molecule is COC(=O)c1cnc(NC=O)s1. The topological polar surface area (TPSA) is 68.3 Å². The third kappa shape index (κ3) is 1.79. The lowest BCUT2D eigenvalue weighted by Crippen LogP contribution is -1.96. The van der Waals surface area contributed by atoms with Crippen molar-refractivity contribution in [2.75, 3.05) is 12.4 Å². The minimum absolute atomic E-state index is 0.363. The third-order valence-electron chi connectivity index (χ3n) is 1.07. The standard InChI is InChI=1S/C6H6N2O3S/c1-11-5(10)4-2-7-6(12-4)8-3-9/h2-3H,1H3,(H,7,8,9). The Bertz CT molecular complexity index is 297. The van der Waals surface area contributed by atoms with Crippen LogP contribution in [0.15, 0.2) is 6.20 Å². The van der Waals surface area contributed by atoms with Gasteiger partial charge >= 0.3 is 5.97 Å². The second-order valence-corrected chi connectivity index (χ2v) is 2.81. The average Bonchev–Trinajstić information content (AvgIpc) is 2.52. The summed E-state index contributed by atoms with van der Waals surface area (Å²) in [6, 6.07) is 0. The molecule has 12 heavy (non-hydrogen) atoms. The molecule has 64 valence electrons. The highest BCUT2D eigenvalue weighted by molar-refractivity contribution is 7.17. The minimum atomic E-state index is -0.452. The number of esters is 1. The number of carbonyl (C=O) groups excluding carboxylic acids is 2. The van der Waals surface area contributed by atoms with Gasteiger partial charge in [-0.25, -0.2) is 9.78 Å². The van der Waals surface area contributed by atoms with Crippen molar-refractivity contribution in [3.05, 3.63) is 11.1 Å². The molecule has 0 aliphatic carbocycles. The number of amides is 1. The molecule has 0 fully saturated rings. The minimum Gasteiger partial charge on any atom is -0.465 e. The van der Waals surface area contributed by atoms with E-state index >= 15 is 0 Å². The highest BCUT2D eigenvalue weighted by atomic mass is 32.1. The van der Waals surface area contributed by atoms with E-state index < -0.39 is 5.97 Å². The summed E-state index contributed by atoms with van der Waals surface area (Å²) in [6.07, 6.45) is 1.85. The molecular formula is C6H6N2O3S. The fraction of sp³-hybridized carbons (Fsp3) is 0.167. The maximum absolute atomic E-state index is 10.9. The van der Waals surface area contributed by atoms with E-state index in [1.807, 2.05) is 0 Å². The van der Waals surface area contributed by atoms with E-state index in [1.165, 1.54) is 13.3 Å². The highest BCUT2D eigenvalue weighted by Crippen LogP contribution is 2.17. The van der Waals surface area contributed by atoms with Crippen molar-refractivity contribution in [1.29, 1.82) is 0 Å². The van der Waals surface area contributed by atoms with E-state index in [9.17, 15) is 9.59 Å². The molecule has 0 aromatic carbocycles. The Labute approximate surface area is 72.4 Å². The molecule has 1 heterocycles. The summed E-state index contributed by atoms with van der Waals surface area (Å²) < 4.78 is 4.44. The van der Waals surface area contributed by atoms with Crippen LogP contribution in [0.5, 0.6) is 0 Å². The molecule has 0 bridgehead atoms. The molecule has 1 aromatic rings. The Morgan fingerprint density at radius 3 is 3.17 bits per heavy atom. The number of hydrogen-bond donors (Lipinski definition) is 1. The van der Waals surface area contributed by atoms with Gasteiger partial charge in [0, 0.05) is 0 Å². The Balaban J connectivity index is 2.76. The number of nitrogens with one attached hydrogen (secondary N) is 1. The van der Waals surface area contributed by atoms with Gasteiger partial charge in [0.05, 0.1) is 13.3 Å². The summed E-state index contributed by atoms with van der Waals surface area (Å²) in [5.41, 5.74) is 0. The maximum atomic E-state index is 10.9. The van der Waals surface area contributed by atoms with Crippen LogP contribution in [0.2, 0.25) is 0 Å². The third-order valence-corrected chi connectivity index (χ3v) is 1.98. The fourth-order valence-corrected chi connectivity index (χ4v) is 1.28. The maximum Gasteiger partial charge on any atom is 0.349 e. The van der Waals surface area contributed by atoms with Crippen molar-refractivity contribution in [3.63, 3.8) is 0 Å². The van der Waals surface area contributed by atoms with Gasteiger partial charge in [-0.1, -0.05) is 11.3 Å². The second kappa shape index (κ2) is 3.82. The summed E-state index contributed by atoms with van der Waals surface area (Å²) in [7, 11) is 1.29. The summed E-state index contributed by atoms with van der Waals surface area (Å²) in [4.78, 5) is 24.9. The first-order valence-electron chi connectivity index (χ1n) is 3.02. The van der Waals surface area contributed by atoms with Crippen molar-refractivity contribution < 1.29 is 14.3 Å². The molecule has 1 amide bonds. The molecule has 0 aliphatic heterocycles. The van der Waals surface area contributed by atoms with Crippen LogP contribution in [0.4, 0.5) is 5.13 Å². The molecular weight excluding hydrogens is 180 g/mol. The zero-order valence-electron chi connectivity index (χ0n) is 6.23. The Morgan fingerprint density at radius 2 is 2.58 bits per heavy atom. The molecule has 6 heteroatoms. The monoisotopic (exact) mass is 186 g/mol. The summed E-state index contributed by atoms with van der Waals surface area (Å²) in [6.45, 7) is 0. The number of aromatic nitrogens is 1. The first kappa shape index (κ1) is 8.66. The van der Waals surface area contributed by atoms with Crippen LogP contribution in [0.1, 0.15) is 9.67 Å². The van der Waals surface area contributed by atoms with Crippen molar-refractivity contribution in [2.24, 2.45) is 0 Å². The van der Waals surface area contributed by atoms with E-state index in [0.29, 0.717) is 16.4 Å². The Hall–Kier alpha value is -1.43. The first-order valence-corrected chi connectivity index (χ1v) is 3.84. The molecule has 5 nitrogen and oxygen atoms in total. The number of carbonyl (C=O) groups is 2. The highest BCUT2D eigenvalue weighted by Gasteiger charge is 2.09. The molecule has 1 rings (SSSR count). The number of anilines is 1. The van der Waals surface area contributed by atoms with Crippen LogP contribution >= 0.6 is 11.3 Å². The quantitative estimate of drug-likeness (QED) is 0.551. The molecule has 0 saturated heterocycles. The van der Waals surface area contributed by atoms with Crippen molar-refractivity contribution in [1.82, 2.24) is 4.98 Å². The summed E-state index contributed by atoms with van der Waals surface area (Å²) >= 11 is 1.06. The van der Waals surface area contributed by atoms with Crippen LogP contribution in [-0.4, -0.2) is 24.5 Å². The number of nitrogens with zero attached hydrogens (tertiary/aromatic N) is 1. The van der Waals surface area contributed by atoms with Crippen molar-refractivity contribution in [3.8, 4) is 0 Å². The lowest BCUT2D eigenvalue weighted by Gasteiger charge is -1.90.